The monoisotopic (exact) mass is 217 g/mol. The van der Waals surface area contributed by atoms with Crippen LogP contribution in [0.2, 0.25) is 0 Å². The molecule has 1 aromatic carbocycles. The predicted octanol–water partition coefficient (Wildman–Crippen LogP) is 0.720. The fourth-order valence-corrected chi connectivity index (χ4v) is 1.29. The van der Waals surface area contributed by atoms with E-state index in [1.165, 1.54) is 12.3 Å². The maximum Gasteiger partial charge on any atom is 0.347 e. The Bertz CT molecular complexity index is 567. The van der Waals surface area contributed by atoms with Crippen molar-refractivity contribution in [2.24, 2.45) is 0 Å². The highest BCUT2D eigenvalue weighted by Gasteiger charge is 1.99. The molecule has 0 unspecified atom stereocenters. The second-order valence-electron chi connectivity index (χ2n) is 3.43. The maximum atomic E-state index is 11.4. The lowest BCUT2D eigenvalue weighted by atomic mass is 10.2. The zero-order valence-corrected chi connectivity index (χ0v) is 8.73. The fraction of sp³-hybridized carbons (Fsp3) is 0.0909. The third-order valence-corrected chi connectivity index (χ3v) is 2.15. The lowest BCUT2D eigenvalue weighted by molar-refractivity contribution is 0.808. The SMILES string of the molecule is Cc1ccc(Nn2c(=O)cc[nH]c2=O)cc1. The molecule has 0 aliphatic rings. The predicted molar refractivity (Wildman–Crippen MR) is 61.5 cm³/mol. The van der Waals surface area contributed by atoms with Gasteiger partial charge in [-0.25, -0.2) is 4.79 Å². The summed E-state index contributed by atoms with van der Waals surface area (Å²) >= 11 is 0. The van der Waals surface area contributed by atoms with Gasteiger partial charge < -0.3 is 4.98 Å². The molecule has 0 aliphatic carbocycles. The van der Waals surface area contributed by atoms with Crippen LogP contribution in [0, 0.1) is 6.92 Å². The minimum absolute atomic E-state index is 0.399. The van der Waals surface area contributed by atoms with Crippen LogP contribution in [0.5, 0.6) is 0 Å². The molecule has 0 amide bonds. The highest BCUT2D eigenvalue weighted by atomic mass is 16.2. The van der Waals surface area contributed by atoms with E-state index in [2.05, 4.69) is 10.4 Å². The number of nitrogens with zero attached hydrogens (tertiary/aromatic N) is 1. The first-order chi connectivity index (χ1) is 7.66. The molecule has 2 N–H and O–H groups in total. The zero-order chi connectivity index (χ0) is 11.5. The molecule has 0 saturated heterocycles. The standard InChI is InChI=1S/C11H11N3O2/c1-8-2-4-9(5-3-8)13-14-10(15)6-7-12-11(14)16/h2-7,13H,1H3,(H,12,16). The van der Waals surface area contributed by atoms with Gasteiger partial charge in [-0.3, -0.25) is 10.2 Å². The van der Waals surface area contributed by atoms with Crippen molar-refractivity contribution >= 4 is 5.69 Å². The van der Waals surface area contributed by atoms with Gasteiger partial charge in [0.05, 0.1) is 5.69 Å². The van der Waals surface area contributed by atoms with Crippen molar-refractivity contribution in [3.05, 3.63) is 62.9 Å². The first-order valence-electron chi connectivity index (χ1n) is 4.81. The van der Waals surface area contributed by atoms with Crippen LogP contribution < -0.4 is 16.7 Å². The molecule has 16 heavy (non-hydrogen) atoms. The summed E-state index contributed by atoms with van der Waals surface area (Å²) in [6.07, 6.45) is 1.32. The Kier molecular flexibility index (Phi) is 2.59. The van der Waals surface area contributed by atoms with Gasteiger partial charge in [-0.2, -0.15) is 4.68 Å². The molecule has 1 heterocycles. The summed E-state index contributed by atoms with van der Waals surface area (Å²) in [5, 5.41) is 0. The van der Waals surface area contributed by atoms with Crippen LogP contribution in [-0.4, -0.2) is 9.66 Å². The number of nitrogens with one attached hydrogen (secondary N) is 2. The largest absolute Gasteiger partial charge is 0.347 e. The Labute approximate surface area is 91.3 Å². The summed E-state index contributed by atoms with van der Waals surface area (Å²) < 4.78 is 0.921. The van der Waals surface area contributed by atoms with Crippen LogP contribution in [0.15, 0.2) is 46.1 Å². The first kappa shape index (κ1) is 10.2. The smallest absolute Gasteiger partial charge is 0.312 e. The Morgan fingerprint density at radius 3 is 2.44 bits per heavy atom. The summed E-state index contributed by atoms with van der Waals surface area (Å²) in [5.41, 5.74) is 3.63. The number of aryl methyl sites for hydroxylation is 1. The molecule has 2 rings (SSSR count). The Balaban J connectivity index is 2.38. The highest BCUT2D eigenvalue weighted by Crippen LogP contribution is 2.07. The molecule has 0 fully saturated rings. The van der Waals surface area contributed by atoms with E-state index in [0.717, 1.165) is 10.2 Å². The van der Waals surface area contributed by atoms with E-state index in [4.69, 9.17) is 0 Å². The Hall–Kier alpha value is -2.30. The minimum Gasteiger partial charge on any atom is -0.312 e. The van der Waals surface area contributed by atoms with Gasteiger partial charge in [-0.05, 0) is 19.1 Å². The van der Waals surface area contributed by atoms with Crippen molar-refractivity contribution < 1.29 is 0 Å². The molecule has 82 valence electrons. The van der Waals surface area contributed by atoms with Gasteiger partial charge in [-0.15, -0.1) is 0 Å². The Morgan fingerprint density at radius 2 is 1.81 bits per heavy atom. The van der Waals surface area contributed by atoms with Gasteiger partial charge in [0, 0.05) is 12.3 Å². The van der Waals surface area contributed by atoms with Crippen molar-refractivity contribution in [3.63, 3.8) is 0 Å². The van der Waals surface area contributed by atoms with E-state index in [-0.39, 0.29) is 0 Å². The van der Waals surface area contributed by atoms with Crippen LogP contribution in [0.25, 0.3) is 0 Å². The van der Waals surface area contributed by atoms with Gasteiger partial charge >= 0.3 is 5.69 Å². The molecule has 0 saturated carbocycles. The number of anilines is 1. The van der Waals surface area contributed by atoms with Crippen LogP contribution in [-0.2, 0) is 0 Å². The number of hydrogen-bond donors (Lipinski definition) is 2. The molecule has 5 nitrogen and oxygen atoms in total. The van der Waals surface area contributed by atoms with E-state index in [1.807, 2.05) is 19.1 Å². The second-order valence-corrected chi connectivity index (χ2v) is 3.43. The molecule has 0 atom stereocenters. The summed E-state index contributed by atoms with van der Waals surface area (Å²) in [6, 6.07) is 8.67. The van der Waals surface area contributed by atoms with E-state index in [1.54, 1.807) is 12.1 Å². The van der Waals surface area contributed by atoms with Gasteiger partial charge in [0.25, 0.3) is 5.56 Å². The topological polar surface area (TPSA) is 66.9 Å². The van der Waals surface area contributed by atoms with Crippen molar-refractivity contribution in [1.29, 1.82) is 0 Å². The molecular weight excluding hydrogens is 206 g/mol. The van der Waals surface area contributed by atoms with E-state index in [0.29, 0.717) is 5.69 Å². The number of benzene rings is 1. The normalized spacial score (nSPS) is 10.1. The highest BCUT2D eigenvalue weighted by molar-refractivity contribution is 5.43. The van der Waals surface area contributed by atoms with Gasteiger partial charge in [0.1, 0.15) is 0 Å². The Morgan fingerprint density at radius 1 is 1.12 bits per heavy atom. The van der Waals surface area contributed by atoms with Crippen LogP contribution >= 0.6 is 0 Å². The van der Waals surface area contributed by atoms with Gasteiger partial charge in [0.2, 0.25) is 0 Å². The number of H-pyrrole nitrogens is 1. The van der Waals surface area contributed by atoms with Gasteiger partial charge in [-0.1, -0.05) is 17.7 Å². The number of hydrogen-bond acceptors (Lipinski definition) is 3. The van der Waals surface area contributed by atoms with Crippen LogP contribution in [0.1, 0.15) is 5.56 Å². The maximum absolute atomic E-state index is 11.4. The fourth-order valence-electron chi connectivity index (χ4n) is 1.29. The average molecular weight is 217 g/mol. The molecule has 1 aromatic heterocycles. The number of aromatic nitrogens is 2. The molecule has 0 bridgehead atoms. The number of aromatic amines is 1. The summed E-state index contributed by atoms with van der Waals surface area (Å²) in [7, 11) is 0. The van der Waals surface area contributed by atoms with E-state index < -0.39 is 11.2 Å². The molecule has 0 spiro atoms. The lowest BCUT2D eigenvalue weighted by Crippen LogP contribution is -2.38. The molecule has 0 radical (unpaired) electrons. The zero-order valence-electron chi connectivity index (χ0n) is 8.73. The first-order valence-corrected chi connectivity index (χ1v) is 4.81. The lowest BCUT2D eigenvalue weighted by Gasteiger charge is -2.07. The summed E-state index contributed by atoms with van der Waals surface area (Å²) in [5.74, 6) is 0. The molecule has 0 aliphatic heterocycles. The third kappa shape index (κ3) is 2.03. The van der Waals surface area contributed by atoms with Crippen molar-refractivity contribution in [2.75, 3.05) is 5.43 Å². The number of rotatable bonds is 2. The van der Waals surface area contributed by atoms with Crippen LogP contribution in [0.3, 0.4) is 0 Å². The molecular formula is C11H11N3O2. The van der Waals surface area contributed by atoms with E-state index in [9.17, 15) is 9.59 Å². The van der Waals surface area contributed by atoms with E-state index >= 15 is 0 Å². The van der Waals surface area contributed by atoms with Gasteiger partial charge in [0.15, 0.2) is 0 Å². The summed E-state index contributed by atoms with van der Waals surface area (Å²) in [4.78, 5) is 25.2. The molecule has 2 aromatic rings. The minimum atomic E-state index is -0.493. The summed E-state index contributed by atoms with van der Waals surface area (Å²) in [6.45, 7) is 1.96. The quantitative estimate of drug-likeness (QED) is 0.779. The van der Waals surface area contributed by atoms with Crippen molar-refractivity contribution in [1.82, 2.24) is 9.66 Å². The van der Waals surface area contributed by atoms with Crippen LogP contribution in [0.4, 0.5) is 5.69 Å². The second kappa shape index (κ2) is 4.06. The van der Waals surface area contributed by atoms with Crippen molar-refractivity contribution in [2.45, 2.75) is 6.92 Å². The molecule has 5 heteroatoms. The average Bonchev–Trinajstić information content (AvgIpc) is 2.26. The third-order valence-electron chi connectivity index (χ3n) is 2.15. The van der Waals surface area contributed by atoms with Crippen molar-refractivity contribution in [3.8, 4) is 0 Å².